The molecular weight excluding hydrogens is 196 g/mol. The largest absolute Gasteiger partial charge is 0.389 e. The van der Waals surface area contributed by atoms with E-state index in [2.05, 4.69) is 27.7 Å². The summed E-state index contributed by atoms with van der Waals surface area (Å²) in [6, 6.07) is 0. The first-order chi connectivity index (χ1) is 7.29. The van der Waals surface area contributed by atoms with Crippen LogP contribution in [0.15, 0.2) is 0 Å². The molecule has 3 saturated carbocycles. The Kier molecular flexibility index (Phi) is 1.86. The lowest BCUT2D eigenvalue weighted by atomic mass is 9.28. The molecule has 3 aliphatic rings. The molecule has 0 aromatic rings. The van der Waals surface area contributed by atoms with E-state index in [-0.39, 0.29) is 5.41 Å². The quantitative estimate of drug-likeness (QED) is 0.662. The first-order valence-electron chi connectivity index (χ1n) is 7.02. The summed E-state index contributed by atoms with van der Waals surface area (Å²) in [6.07, 6.45) is 7.86. The second-order valence-electron chi connectivity index (χ2n) is 7.67. The maximum atomic E-state index is 11.0. The summed E-state index contributed by atoms with van der Waals surface area (Å²) >= 11 is 0. The summed E-state index contributed by atoms with van der Waals surface area (Å²) in [6.45, 7) is 9.22. The Labute approximate surface area is 99.6 Å². The minimum Gasteiger partial charge on any atom is -0.389 e. The molecule has 1 heteroatoms. The van der Waals surface area contributed by atoms with Crippen molar-refractivity contribution in [2.75, 3.05) is 0 Å². The molecule has 16 heavy (non-hydrogen) atoms. The van der Waals surface area contributed by atoms with Crippen LogP contribution in [0.25, 0.3) is 0 Å². The number of hydrogen-bond donors (Lipinski definition) is 1. The van der Waals surface area contributed by atoms with Gasteiger partial charge in [0.2, 0.25) is 0 Å². The molecule has 3 aliphatic carbocycles. The summed E-state index contributed by atoms with van der Waals surface area (Å²) in [7, 11) is 0. The van der Waals surface area contributed by atoms with Gasteiger partial charge in [-0.25, -0.2) is 0 Å². The first kappa shape index (κ1) is 11.1. The minimum absolute atomic E-state index is 0.265. The van der Waals surface area contributed by atoms with Crippen molar-refractivity contribution < 1.29 is 5.11 Å². The lowest BCUT2D eigenvalue weighted by molar-refractivity contribution is -0.308. The molecule has 1 nitrogen and oxygen atoms in total. The molecule has 3 fully saturated rings. The highest BCUT2D eigenvalue weighted by Crippen LogP contribution is 2.82. The normalized spacial score (nSPS) is 52.7. The Morgan fingerprint density at radius 1 is 1.00 bits per heavy atom. The van der Waals surface area contributed by atoms with E-state index >= 15 is 0 Å². The van der Waals surface area contributed by atoms with Crippen molar-refractivity contribution in [1.29, 1.82) is 0 Å². The highest BCUT2D eigenvalue weighted by Gasteiger charge is 2.77. The molecule has 1 unspecified atom stereocenters. The molecule has 0 aliphatic heterocycles. The Bertz CT molecular complexity index is 324. The van der Waals surface area contributed by atoms with Gasteiger partial charge in [0.1, 0.15) is 0 Å². The van der Waals surface area contributed by atoms with Crippen molar-refractivity contribution in [2.45, 2.75) is 71.8 Å². The fraction of sp³-hybridized carbons (Fsp3) is 1.00. The number of hydrogen-bond acceptors (Lipinski definition) is 1. The van der Waals surface area contributed by atoms with Gasteiger partial charge in [0, 0.05) is 5.41 Å². The van der Waals surface area contributed by atoms with Crippen LogP contribution in [0.4, 0.5) is 0 Å². The average Bonchev–Trinajstić information content (AvgIpc) is 2.26. The van der Waals surface area contributed by atoms with Crippen LogP contribution in [0, 0.1) is 22.2 Å². The van der Waals surface area contributed by atoms with Crippen molar-refractivity contribution in [3.8, 4) is 0 Å². The zero-order valence-corrected chi connectivity index (χ0v) is 11.3. The Balaban J connectivity index is 2.03. The number of fused-ring (bicyclic) bond motifs is 1. The minimum atomic E-state index is -0.414. The second-order valence-corrected chi connectivity index (χ2v) is 7.67. The van der Waals surface area contributed by atoms with Crippen LogP contribution in [0.2, 0.25) is 0 Å². The van der Waals surface area contributed by atoms with E-state index in [9.17, 15) is 5.11 Å². The maximum Gasteiger partial charge on any atom is 0.0706 e. The van der Waals surface area contributed by atoms with Gasteiger partial charge in [-0.3, -0.25) is 0 Å². The van der Waals surface area contributed by atoms with Gasteiger partial charge in [-0.2, -0.15) is 0 Å². The molecule has 0 aromatic carbocycles. The molecule has 2 spiro atoms. The molecule has 0 aromatic heterocycles. The van der Waals surface area contributed by atoms with E-state index in [0.29, 0.717) is 16.7 Å². The van der Waals surface area contributed by atoms with E-state index < -0.39 is 5.60 Å². The molecule has 0 saturated heterocycles. The Morgan fingerprint density at radius 2 is 1.62 bits per heavy atom. The summed E-state index contributed by atoms with van der Waals surface area (Å²) in [4.78, 5) is 0. The molecule has 3 atom stereocenters. The van der Waals surface area contributed by atoms with Gasteiger partial charge in [0.15, 0.2) is 0 Å². The number of rotatable bonds is 0. The zero-order valence-electron chi connectivity index (χ0n) is 11.3. The topological polar surface area (TPSA) is 20.2 Å². The molecule has 0 bridgehead atoms. The third kappa shape index (κ3) is 0.836. The van der Waals surface area contributed by atoms with Gasteiger partial charge in [-0.1, -0.05) is 27.2 Å². The van der Waals surface area contributed by atoms with E-state index in [1.54, 1.807) is 0 Å². The van der Waals surface area contributed by atoms with Gasteiger partial charge < -0.3 is 5.11 Å². The fourth-order valence-electron chi connectivity index (χ4n) is 5.78. The van der Waals surface area contributed by atoms with Crippen LogP contribution < -0.4 is 0 Å². The average molecular weight is 222 g/mol. The van der Waals surface area contributed by atoms with Crippen molar-refractivity contribution >= 4 is 0 Å². The molecule has 0 heterocycles. The summed E-state index contributed by atoms with van der Waals surface area (Å²) in [5, 5.41) is 11.0. The standard InChI is InChI=1S/C15H26O/c1-11-6-9-15(13(11,4)16)10-12(2,3)14(15)7-5-8-14/h11,16H,5-10H2,1-4H3/t11-,13-,15?/m1/s1. The van der Waals surface area contributed by atoms with Gasteiger partial charge in [0.25, 0.3) is 0 Å². The fourth-order valence-corrected chi connectivity index (χ4v) is 5.78. The SMILES string of the molecule is C[C@@H]1CCC2(CC(C)(C)C23CCC3)[C@]1(C)O. The maximum absolute atomic E-state index is 11.0. The molecule has 0 amide bonds. The Morgan fingerprint density at radius 3 is 1.94 bits per heavy atom. The van der Waals surface area contributed by atoms with Crippen LogP contribution in [0.3, 0.4) is 0 Å². The van der Waals surface area contributed by atoms with Crippen molar-refractivity contribution in [3.63, 3.8) is 0 Å². The third-order valence-electron chi connectivity index (χ3n) is 7.09. The zero-order chi connectivity index (χ0) is 11.8. The van der Waals surface area contributed by atoms with Gasteiger partial charge in [0.05, 0.1) is 5.60 Å². The van der Waals surface area contributed by atoms with Crippen LogP contribution >= 0.6 is 0 Å². The summed E-state index contributed by atoms with van der Waals surface area (Å²) in [5.74, 6) is 0.487. The van der Waals surface area contributed by atoms with Gasteiger partial charge >= 0.3 is 0 Å². The monoisotopic (exact) mass is 222 g/mol. The highest BCUT2D eigenvalue weighted by molar-refractivity contribution is 5.27. The highest BCUT2D eigenvalue weighted by atomic mass is 16.3. The van der Waals surface area contributed by atoms with Crippen molar-refractivity contribution in [2.24, 2.45) is 22.2 Å². The van der Waals surface area contributed by atoms with Crippen molar-refractivity contribution in [3.05, 3.63) is 0 Å². The molecule has 92 valence electrons. The van der Waals surface area contributed by atoms with Crippen LogP contribution in [-0.2, 0) is 0 Å². The summed E-state index contributed by atoms with van der Waals surface area (Å²) in [5.41, 5.74) is 0.803. The lowest BCUT2D eigenvalue weighted by Crippen LogP contribution is -2.72. The third-order valence-corrected chi connectivity index (χ3v) is 7.09. The molecule has 0 radical (unpaired) electrons. The van der Waals surface area contributed by atoms with E-state index in [1.807, 2.05) is 0 Å². The first-order valence-corrected chi connectivity index (χ1v) is 7.02. The van der Waals surface area contributed by atoms with Crippen LogP contribution in [0.5, 0.6) is 0 Å². The van der Waals surface area contributed by atoms with E-state index in [1.165, 1.54) is 38.5 Å². The predicted octanol–water partition coefficient (Wildman–Crippen LogP) is 3.75. The number of aliphatic hydroxyl groups is 1. The van der Waals surface area contributed by atoms with E-state index in [4.69, 9.17) is 0 Å². The van der Waals surface area contributed by atoms with Crippen LogP contribution in [0.1, 0.15) is 66.2 Å². The van der Waals surface area contributed by atoms with Gasteiger partial charge in [-0.15, -0.1) is 0 Å². The second kappa shape index (κ2) is 2.68. The molecular formula is C15H26O. The Hall–Kier alpha value is -0.0400. The van der Waals surface area contributed by atoms with Gasteiger partial charge in [-0.05, 0) is 55.8 Å². The van der Waals surface area contributed by atoms with Crippen LogP contribution in [-0.4, -0.2) is 10.7 Å². The predicted molar refractivity (Wildman–Crippen MR) is 66.1 cm³/mol. The van der Waals surface area contributed by atoms with E-state index in [0.717, 1.165) is 0 Å². The molecule has 1 N–H and O–H groups in total. The lowest BCUT2D eigenvalue weighted by Gasteiger charge is -2.76. The molecule has 3 rings (SSSR count). The van der Waals surface area contributed by atoms with Crippen molar-refractivity contribution in [1.82, 2.24) is 0 Å². The summed E-state index contributed by atoms with van der Waals surface area (Å²) < 4.78 is 0. The smallest absolute Gasteiger partial charge is 0.0706 e.